The third-order valence-corrected chi connectivity index (χ3v) is 3.16. The summed E-state index contributed by atoms with van der Waals surface area (Å²) in [5.41, 5.74) is 6.52. The first-order valence-corrected chi connectivity index (χ1v) is 6.40. The standard InChI is InChI=1S/C14H16N2O4/c1-8(13(18)16-14(15)19)20-10-5-6-11-9(7-10)3-2-4-12(11)17/h5-8H,2-4H2,1H3,(H3,15,16,18,19). The number of benzene rings is 1. The van der Waals surface area contributed by atoms with Gasteiger partial charge in [0, 0.05) is 12.0 Å². The van der Waals surface area contributed by atoms with Gasteiger partial charge in [-0.2, -0.15) is 0 Å². The topological polar surface area (TPSA) is 98.5 Å². The highest BCUT2D eigenvalue weighted by Gasteiger charge is 2.20. The van der Waals surface area contributed by atoms with E-state index in [4.69, 9.17) is 10.5 Å². The largest absolute Gasteiger partial charge is 0.481 e. The van der Waals surface area contributed by atoms with E-state index < -0.39 is 18.0 Å². The number of hydrogen-bond donors (Lipinski definition) is 2. The van der Waals surface area contributed by atoms with Crippen LogP contribution in [0.5, 0.6) is 5.75 Å². The molecule has 0 bridgehead atoms. The number of carbonyl (C=O) groups is 3. The lowest BCUT2D eigenvalue weighted by atomic mass is 9.90. The van der Waals surface area contributed by atoms with Crippen LogP contribution in [-0.4, -0.2) is 23.8 Å². The van der Waals surface area contributed by atoms with E-state index in [1.54, 1.807) is 18.2 Å². The lowest BCUT2D eigenvalue weighted by molar-refractivity contribution is -0.126. The lowest BCUT2D eigenvalue weighted by Gasteiger charge is -2.18. The number of fused-ring (bicyclic) bond motifs is 1. The molecule has 1 aliphatic rings. The van der Waals surface area contributed by atoms with Crippen LogP contribution in [0.25, 0.3) is 0 Å². The van der Waals surface area contributed by atoms with Gasteiger partial charge in [-0.3, -0.25) is 14.9 Å². The number of Topliss-reactive ketones (excluding diaryl/α,β-unsaturated/α-hetero) is 1. The summed E-state index contributed by atoms with van der Waals surface area (Å²) in [7, 11) is 0. The second-order valence-corrected chi connectivity index (χ2v) is 4.71. The number of nitrogens with two attached hydrogens (primary N) is 1. The number of rotatable bonds is 3. The molecule has 6 heteroatoms. The number of imide groups is 1. The molecule has 106 valence electrons. The van der Waals surface area contributed by atoms with Gasteiger partial charge >= 0.3 is 6.03 Å². The first-order chi connectivity index (χ1) is 9.47. The molecule has 0 aliphatic heterocycles. The highest BCUT2D eigenvalue weighted by atomic mass is 16.5. The summed E-state index contributed by atoms with van der Waals surface area (Å²) in [4.78, 5) is 33.8. The number of ether oxygens (including phenoxy) is 1. The molecule has 1 aromatic rings. The Kier molecular flexibility index (Phi) is 4.02. The fourth-order valence-corrected chi connectivity index (χ4v) is 2.18. The van der Waals surface area contributed by atoms with Gasteiger partial charge in [-0.05, 0) is 43.5 Å². The zero-order valence-electron chi connectivity index (χ0n) is 11.1. The number of urea groups is 1. The second kappa shape index (κ2) is 5.73. The van der Waals surface area contributed by atoms with Crippen LogP contribution < -0.4 is 15.8 Å². The van der Waals surface area contributed by atoms with Crippen molar-refractivity contribution in [2.24, 2.45) is 5.73 Å². The third-order valence-electron chi connectivity index (χ3n) is 3.16. The Morgan fingerprint density at radius 3 is 2.80 bits per heavy atom. The maximum absolute atomic E-state index is 11.7. The molecule has 0 saturated heterocycles. The molecule has 1 unspecified atom stereocenters. The van der Waals surface area contributed by atoms with E-state index in [0.29, 0.717) is 12.2 Å². The fraction of sp³-hybridized carbons (Fsp3) is 0.357. The highest BCUT2D eigenvalue weighted by Crippen LogP contribution is 2.25. The fourth-order valence-electron chi connectivity index (χ4n) is 2.18. The van der Waals surface area contributed by atoms with Crippen molar-refractivity contribution in [1.82, 2.24) is 5.32 Å². The van der Waals surface area contributed by atoms with Crippen molar-refractivity contribution < 1.29 is 19.1 Å². The third kappa shape index (κ3) is 3.14. The molecule has 0 saturated carbocycles. The molecule has 1 atom stereocenters. The van der Waals surface area contributed by atoms with Crippen LogP contribution in [0.3, 0.4) is 0 Å². The van der Waals surface area contributed by atoms with Crippen LogP contribution in [0.1, 0.15) is 35.7 Å². The molecule has 3 amide bonds. The number of carbonyl (C=O) groups excluding carboxylic acids is 3. The average molecular weight is 276 g/mol. The van der Waals surface area contributed by atoms with Crippen LogP contribution in [-0.2, 0) is 11.2 Å². The number of ketones is 1. The highest BCUT2D eigenvalue weighted by molar-refractivity contribution is 5.98. The summed E-state index contributed by atoms with van der Waals surface area (Å²) in [6.45, 7) is 1.52. The van der Waals surface area contributed by atoms with Gasteiger partial charge in [0.15, 0.2) is 11.9 Å². The summed E-state index contributed by atoms with van der Waals surface area (Å²) in [5, 5.41) is 1.95. The second-order valence-electron chi connectivity index (χ2n) is 4.71. The quantitative estimate of drug-likeness (QED) is 0.865. The van der Waals surface area contributed by atoms with Gasteiger partial charge in [-0.25, -0.2) is 4.79 Å². The molecular formula is C14H16N2O4. The van der Waals surface area contributed by atoms with Crippen LogP contribution in [0.15, 0.2) is 18.2 Å². The van der Waals surface area contributed by atoms with Gasteiger partial charge in [0.05, 0.1) is 0 Å². The van der Waals surface area contributed by atoms with Crippen molar-refractivity contribution >= 4 is 17.7 Å². The van der Waals surface area contributed by atoms with Crippen molar-refractivity contribution in [1.29, 1.82) is 0 Å². The molecule has 2 rings (SSSR count). The predicted molar refractivity (Wildman–Crippen MR) is 71.5 cm³/mol. The molecule has 20 heavy (non-hydrogen) atoms. The van der Waals surface area contributed by atoms with Gasteiger partial charge in [-0.15, -0.1) is 0 Å². The predicted octanol–water partition coefficient (Wildman–Crippen LogP) is 1.17. The molecule has 1 aromatic carbocycles. The minimum Gasteiger partial charge on any atom is -0.481 e. The van der Waals surface area contributed by atoms with Gasteiger partial charge < -0.3 is 10.5 Å². The summed E-state index contributed by atoms with van der Waals surface area (Å²) in [6, 6.07) is 4.21. The molecule has 0 heterocycles. The molecule has 0 aromatic heterocycles. The molecule has 6 nitrogen and oxygen atoms in total. The normalized spacial score (nSPS) is 15.2. The Balaban J connectivity index is 2.09. The van der Waals surface area contributed by atoms with E-state index >= 15 is 0 Å². The van der Waals surface area contributed by atoms with E-state index in [-0.39, 0.29) is 5.78 Å². The molecule has 0 radical (unpaired) electrons. The van der Waals surface area contributed by atoms with Gasteiger partial charge in [0.25, 0.3) is 5.91 Å². The van der Waals surface area contributed by atoms with Gasteiger partial charge in [0.2, 0.25) is 0 Å². The van der Waals surface area contributed by atoms with Crippen molar-refractivity contribution in [2.45, 2.75) is 32.3 Å². The van der Waals surface area contributed by atoms with E-state index in [9.17, 15) is 14.4 Å². The molecule has 3 N–H and O–H groups in total. The minimum atomic E-state index is -0.915. The first kappa shape index (κ1) is 14.0. The van der Waals surface area contributed by atoms with E-state index in [1.807, 2.05) is 5.32 Å². The van der Waals surface area contributed by atoms with E-state index in [1.165, 1.54) is 6.92 Å². The number of nitrogens with one attached hydrogen (secondary N) is 1. The Morgan fingerprint density at radius 2 is 2.10 bits per heavy atom. The molecule has 0 spiro atoms. The first-order valence-electron chi connectivity index (χ1n) is 6.40. The Labute approximate surface area is 116 Å². The molecule has 1 aliphatic carbocycles. The zero-order chi connectivity index (χ0) is 14.7. The number of aryl methyl sites for hydroxylation is 1. The molecular weight excluding hydrogens is 260 g/mol. The van der Waals surface area contributed by atoms with Crippen molar-refractivity contribution in [3.8, 4) is 5.75 Å². The monoisotopic (exact) mass is 276 g/mol. The van der Waals surface area contributed by atoms with Crippen LogP contribution in [0.4, 0.5) is 4.79 Å². The number of hydrogen-bond acceptors (Lipinski definition) is 4. The Bertz CT molecular complexity index is 568. The van der Waals surface area contributed by atoms with Crippen LogP contribution in [0, 0.1) is 0 Å². The summed E-state index contributed by atoms with van der Waals surface area (Å²) in [6.07, 6.45) is 1.37. The van der Waals surface area contributed by atoms with Gasteiger partial charge in [-0.1, -0.05) is 0 Å². The van der Waals surface area contributed by atoms with Crippen molar-refractivity contribution in [3.63, 3.8) is 0 Å². The number of amides is 3. The van der Waals surface area contributed by atoms with E-state index in [2.05, 4.69) is 0 Å². The molecule has 0 fully saturated rings. The van der Waals surface area contributed by atoms with Crippen LogP contribution in [0.2, 0.25) is 0 Å². The lowest BCUT2D eigenvalue weighted by Crippen LogP contribution is -2.42. The Hall–Kier alpha value is -2.37. The summed E-state index contributed by atoms with van der Waals surface area (Å²) in [5.74, 6) is 0.0224. The van der Waals surface area contributed by atoms with Gasteiger partial charge in [0.1, 0.15) is 5.75 Å². The zero-order valence-corrected chi connectivity index (χ0v) is 11.1. The maximum Gasteiger partial charge on any atom is 0.318 e. The smallest absolute Gasteiger partial charge is 0.318 e. The summed E-state index contributed by atoms with van der Waals surface area (Å²) < 4.78 is 5.45. The minimum absolute atomic E-state index is 0.136. The van der Waals surface area contributed by atoms with Crippen molar-refractivity contribution in [3.05, 3.63) is 29.3 Å². The average Bonchev–Trinajstić information content (AvgIpc) is 2.38. The Morgan fingerprint density at radius 1 is 1.35 bits per heavy atom. The van der Waals surface area contributed by atoms with Crippen LogP contribution >= 0.6 is 0 Å². The maximum atomic E-state index is 11.7. The summed E-state index contributed by atoms with van der Waals surface area (Å²) >= 11 is 0. The SMILES string of the molecule is CC(Oc1ccc2c(c1)CCCC2=O)C(=O)NC(N)=O. The number of primary amides is 1. The van der Waals surface area contributed by atoms with Crippen molar-refractivity contribution in [2.75, 3.05) is 0 Å². The van der Waals surface area contributed by atoms with E-state index in [0.717, 1.165) is 24.0 Å².